The quantitative estimate of drug-likeness (QED) is 0.676. The van der Waals surface area contributed by atoms with E-state index < -0.39 is 20.6 Å². The van der Waals surface area contributed by atoms with Gasteiger partial charge in [-0.05, 0) is 36.1 Å². The van der Waals surface area contributed by atoms with Gasteiger partial charge in [-0.3, -0.25) is 10.1 Å². The lowest BCUT2D eigenvalue weighted by molar-refractivity contribution is -0.387. The fourth-order valence-electron chi connectivity index (χ4n) is 2.79. The third kappa shape index (κ3) is 3.21. The van der Waals surface area contributed by atoms with Gasteiger partial charge in [-0.15, -0.1) is 0 Å². The fraction of sp³-hybridized carbons (Fsp3) is 0.200. The van der Waals surface area contributed by atoms with Gasteiger partial charge in [0.25, 0.3) is 5.69 Å². The van der Waals surface area contributed by atoms with Gasteiger partial charge in [-0.1, -0.05) is 35.9 Å². The molecule has 0 aromatic heterocycles. The average molecular weight is 353 g/mol. The SMILES string of the molecule is O=[N+]([O-])c1cc(Cl)ccc1S(=O)(=O)NC1Cc2ccccc2C1. The Morgan fingerprint density at radius 3 is 2.30 bits per heavy atom. The van der Waals surface area contributed by atoms with Gasteiger partial charge in [-0.2, -0.15) is 0 Å². The molecule has 0 spiro atoms. The van der Waals surface area contributed by atoms with Gasteiger partial charge in [0.05, 0.1) is 4.92 Å². The number of nitrogens with zero attached hydrogens (tertiary/aromatic N) is 1. The monoisotopic (exact) mass is 352 g/mol. The van der Waals surface area contributed by atoms with E-state index in [1.165, 1.54) is 6.07 Å². The molecule has 1 aliphatic rings. The molecule has 0 heterocycles. The topological polar surface area (TPSA) is 89.3 Å². The molecule has 120 valence electrons. The van der Waals surface area contributed by atoms with E-state index in [-0.39, 0.29) is 16.0 Å². The molecule has 0 fully saturated rings. The van der Waals surface area contributed by atoms with E-state index in [1.807, 2.05) is 24.3 Å². The number of halogens is 1. The normalized spacial score (nSPS) is 14.7. The summed E-state index contributed by atoms with van der Waals surface area (Å²) in [4.78, 5) is 9.97. The van der Waals surface area contributed by atoms with Crippen molar-refractivity contribution >= 4 is 27.3 Å². The highest BCUT2D eigenvalue weighted by Gasteiger charge is 2.30. The fourth-order valence-corrected chi connectivity index (χ4v) is 4.34. The molecule has 0 atom stereocenters. The Labute approximate surface area is 138 Å². The summed E-state index contributed by atoms with van der Waals surface area (Å²) >= 11 is 5.72. The second kappa shape index (κ2) is 5.92. The summed E-state index contributed by atoms with van der Waals surface area (Å²) < 4.78 is 27.6. The van der Waals surface area contributed by atoms with Gasteiger partial charge in [0.2, 0.25) is 10.0 Å². The Morgan fingerprint density at radius 1 is 1.13 bits per heavy atom. The molecule has 0 radical (unpaired) electrons. The second-order valence-corrected chi connectivity index (χ2v) is 7.48. The van der Waals surface area contributed by atoms with Crippen molar-refractivity contribution in [2.45, 2.75) is 23.8 Å². The van der Waals surface area contributed by atoms with Gasteiger partial charge >= 0.3 is 0 Å². The van der Waals surface area contributed by atoms with E-state index in [9.17, 15) is 18.5 Å². The van der Waals surface area contributed by atoms with Crippen LogP contribution < -0.4 is 4.72 Å². The van der Waals surface area contributed by atoms with Gasteiger partial charge in [0.1, 0.15) is 0 Å². The molecule has 2 aromatic rings. The summed E-state index contributed by atoms with van der Waals surface area (Å²) in [6, 6.07) is 10.9. The van der Waals surface area contributed by atoms with Crippen LogP contribution in [0.1, 0.15) is 11.1 Å². The molecule has 0 saturated carbocycles. The zero-order valence-corrected chi connectivity index (χ0v) is 13.5. The largest absolute Gasteiger partial charge is 0.290 e. The lowest BCUT2D eigenvalue weighted by atomic mass is 10.1. The van der Waals surface area contributed by atoms with Crippen LogP contribution in [0.2, 0.25) is 5.02 Å². The van der Waals surface area contributed by atoms with Crippen molar-refractivity contribution in [3.63, 3.8) is 0 Å². The minimum atomic E-state index is -4.00. The van der Waals surface area contributed by atoms with Crippen molar-refractivity contribution in [1.29, 1.82) is 0 Å². The number of nitro benzene ring substituents is 1. The molecule has 6 nitrogen and oxygen atoms in total. The average Bonchev–Trinajstić information content (AvgIpc) is 2.88. The first-order valence-corrected chi connectivity index (χ1v) is 8.76. The van der Waals surface area contributed by atoms with E-state index >= 15 is 0 Å². The van der Waals surface area contributed by atoms with E-state index in [0.717, 1.165) is 23.3 Å². The Kier molecular flexibility index (Phi) is 4.09. The number of sulfonamides is 1. The van der Waals surface area contributed by atoms with E-state index in [4.69, 9.17) is 11.6 Å². The van der Waals surface area contributed by atoms with Crippen LogP contribution in [-0.4, -0.2) is 19.4 Å². The van der Waals surface area contributed by atoms with Crippen LogP contribution in [0.4, 0.5) is 5.69 Å². The molecule has 0 bridgehead atoms. The van der Waals surface area contributed by atoms with Crippen LogP contribution >= 0.6 is 11.6 Å². The minimum absolute atomic E-state index is 0.115. The summed E-state index contributed by atoms with van der Waals surface area (Å²) in [5.74, 6) is 0. The Hall–Kier alpha value is -1.96. The number of nitro groups is 1. The van der Waals surface area contributed by atoms with Crippen LogP contribution in [0.25, 0.3) is 0 Å². The number of hydrogen-bond donors (Lipinski definition) is 1. The molecule has 1 N–H and O–H groups in total. The van der Waals surface area contributed by atoms with Crippen molar-refractivity contribution in [1.82, 2.24) is 4.72 Å². The summed E-state index contributed by atoms with van der Waals surface area (Å²) in [6.45, 7) is 0. The molecule has 8 heteroatoms. The Balaban J connectivity index is 1.88. The van der Waals surface area contributed by atoms with Crippen LogP contribution in [0.3, 0.4) is 0 Å². The highest BCUT2D eigenvalue weighted by atomic mass is 35.5. The zero-order chi connectivity index (χ0) is 16.6. The molecule has 0 aliphatic heterocycles. The van der Waals surface area contributed by atoms with Crippen molar-refractivity contribution in [3.8, 4) is 0 Å². The smallest absolute Gasteiger partial charge is 0.258 e. The van der Waals surface area contributed by atoms with Gasteiger partial charge in [0, 0.05) is 17.1 Å². The van der Waals surface area contributed by atoms with Crippen LogP contribution in [-0.2, 0) is 22.9 Å². The molecule has 2 aromatic carbocycles. The molecule has 23 heavy (non-hydrogen) atoms. The molecule has 0 amide bonds. The van der Waals surface area contributed by atoms with Gasteiger partial charge < -0.3 is 0 Å². The summed E-state index contributed by atoms with van der Waals surface area (Å²) in [5.41, 5.74) is 1.65. The number of benzene rings is 2. The number of rotatable bonds is 4. The van der Waals surface area contributed by atoms with E-state index in [0.29, 0.717) is 12.8 Å². The lowest BCUT2D eigenvalue weighted by Gasteiger charge is -2.13. The number of hydrogen-bond acceptors (Lipinski definition) is 4. The molecular formula is C15H13ClN2O4S. The van der Waals surface area contributed by atoms with Crippen LogP contribution in [0.5, 0.6) is 0 Å². The molecule has 1 aliphatic carbocycles. The maximum atomic E-state index is 12.5. The van der Waals surface area contributed by atoms with Crippen molar-refractivity contribution in [2.24, 2.45) is 0 Å². The van der Waals surface area contributed by atoms with Crippen molar-refractivity contribution in [3.05, 3.63) is 68.7 Å². The first-order chi connectivity index (χ1) is 10.9. The second-order valence-electron chi connectivity index (χ2n) is 5.36. The van der Waals surface area contributed by atoms with Crippen LogP contribution in [0, 0.1) is 10.1 Å². The molecular weight excluding hydrogens is 340 g/mol. The third-order valence-electron chi connectivity index (χ3n) is 3.78. The maximum Gasteiger partial charge on any atom is 0.290 e. The Bertz CT molecular complexity index is 858. The first-order valence-electron chi connectivity index (χ1n) is 6.90. The van der Waals surface area contributed by atoms with Gasteiger partial charge in [0.15, 0.2) is 4.90 Å². The number of nitrogens with one attached hydrogen (secondary N) is 1. The number of fused-ring (bicyclic) bond motifs is 1. The lowest BCUT2D eigenvalue weighted by Crippen LogP contribution is -2.35. The standard InChI is InChI=1S/C15H13ClN2O4S/c16-12-5-6-15(14(9-12)18(19)20)23(21,22)17-13-7-10-3-1-2-4-11(10)8-13/h1-6,9,13,17H,7-8H2. The highest BCUT2D eigenvalue weighted by molar-refractivity contribution is 7.89. The predicted octanol–water partition coefficient (Wildman–Crippen LogP) is 2.69. The van der Waals surface area contributed by atoms with Crippen LogP contribution in [0.15, 0.2) is 47.4 Å². The van der Waals surface area contributed by atoms with Crippen molar-refractivity contribution in [2.75, 3.05) is 0 Å². The maximum absolute atomic E-state index is 12.5. The summed E-state index contributed by atoms with van der Waals surface area (Å²) in [7, 11) is -4.00. The molecule has 0 saturated heterocycles. The summed E-state index contributed by atoms with van der Waals surface area (Å²) in [5, 5.41) is 11.2. The third-order valence-corrected chi connectivity index (χ3v) is 5.58. The Morgan fingerprint density at radius 2 is 1.74 bits per heavy atom. The molecule has 3 rings (SSSR count). The zero-order valence-electron chi connectivity index (χ0n) is 11.9. The minimum Gasteiger partial charge on any atom is -0.258 e. The predicted molar refractivity (Wildman–Crippen MR) is 86.1 cm³/mol. The van der Waals surface area contributed by atoms with Gasteiger partial charge in [-0.25, -0.2) is 13.1 Å². The van der Waals surface area contributed by atoms with Crippen molar-refractivity contribution < 1.29 is 13.3 Å². The van der Waals surface area contributed by atoms with E-state index in [2.05, 4.69) is 4.72 Å². The first kappa shape index (κ1) is 15.9. The van der Waals surface area contributed by atoms with E-state index in [1.54, 1.807) is 0 Å². The summed E-state index contributed by atoms with van der Waals surface area (Å²) in [6.07, 6.45) is 1.13. The molecule has 0 unspecified atom stereocenters. The highest BCUT2D eigenvalue weighted by Crippen LogP contribution is 2.29.